The standard InChI is InChI=1S/C10H8N4O3/c15-9(14-7-4-12-13-5-7)8-2-1-6(3-11-8)10(16)17/h1-5H,(H,12,13)(H,14,15)(H,16,17). The number of H-pyrrole nitrogens is 1. The van der Waals surface area contributed by atoms with E-state index in [0.717, 1.165) is 6.20 Å². The van der Waals surface area contributed by atoms with E-state index >= 15 is 0 Å². The van der Waals surface area contributed by atoms with Crippen LogP contribution in [-0.4, -0.2) is 32.2 Å². The van der Waals surface area contributed by atoms with E-state index in [2.05, 4.69) is 20.5 Å². The number of anilines is 1. The second kappa shape index (κ2) is 4.44. The molecule has 0 unspecified atom stereocenters. The van der Waals surface area contributed by atoms with Crippen molar-refractivity contribution in [3.63, 3.8) is 0 Å². The molecule has 2 rings (SSSR count). The molecule has 17 heavy (non-hydrogen) atoms. The van der Waals surface area contributed by atoms with Gasteiger partial charge in [0.15, 0.2) is 0 Å². The van der Waals surface area contributed by atoms with Crippen molar-refractivity contribution in [1.82, 2.24) is 15.2 Å². The number of aromatic amines is 1. The Morgan fingerprint density at radius 1 is 1.29 bits per heavy atom. The predicted octanol–water partition coefficient (Wildman–Crippen LogP) is 0.755. The first kappa shape index (κ1) is 10.8. The van der Waals surface area contributed by atoms with Gasteiger partial charge in [-0.05, 0) is 12.1 Å². The summed E-state index contributed by atoms with van der Waals surface area (Å²) in [6.45, 7) is 0. The Kier molecular flexibility index (Phi) is 2.82. The van der Waals surface area contributed by atoms with Crippen LogP contribution >= 0.6 is 0 Å². The maximum atomic E-state index is 11.6. The van der Waals surface area contributed by atoms with Crippen LogP contribution < -0.4 is 5.32 Å². The summed E-state index contributed by atoms with van der Waals surface area (Å²) in [5, 5.41) is 17.4. The quantitative estimate of drug-likeness (QED) is 0.723. The van der Waals surface area contributed by atoms with Crippen molar-refractivity contribution in [2.45, 2.75) is 0 Å². The molecule has 7 heteroatoms. The third-order valence-corrected chi connectivity index (χ3v) is 2.00. The van der Waals surface area contributed by atoms with Gasteiger partial charge in [0, 0.05) is 12.4 Å². The van der Waals surface area contributed by atoms with Crippen molar-refractivity contribution in [3.8, 4) is 0 Å². The van der Waals surface area contributed by atoms with Crippen LogP contribution in [0.5, 0.6) is 0 Å². The van der Waals surface area contributed by atoms with Crippen LogP contribution in [-0.2, 0) is 0 Å². The molecule has 0 atom stereocenters. The van der Waals surface area contributed by atoms with Gasteiger partial charge >= 0.3 is 5.97 Å². The number of rotatable bonds is 3. The van der Waals surface area contributed by atoms with Gasteiger partial charge in [0.05, 0.1) is 17.4 Å². The molecule has 0 aliphatic rings. The number of nitrogens with zero attached hydrogens (tertiary/aromatic N) is 2. The largest absolute Gasteiger partial charge is 0.478 e. The summed E-state index contributed by atoms with van der Waals surface area (Å²) in [5.74, 6) is -1.51. The minimum atomic E-state index is -1.08. The number of hydrogen-bond donors (Lipinski definition) is 3. The van der Waals surface area contributed by atoms with Crippen LogP contribution in [0.15, 0.2) is 30.7 Å². The van der Waals surface area contributed by atoms with E-state index in [1.807, 2.05) is 0 Å². The van der Waals surface area contributed by atoms with Crippen molar-refractivity contribution in [1.29, 1.82) is 0 Å². The number of hydrogen-bond acceptors (Lipinski definition) is 4. The van der Waals surface area contributed by atoms with E-state index in [1.165, 1.54) is 24.5 Å². The molecule has 2 aromatic rings. The number of carbonyl (C=O) groups excluding carboxylic acids is 1. The number of nitrogens with one attached hydrogen (secondary N) is 2. The highest BCUT2D eigenvalue weighted by Crippen LogP contribution is 2.05. The highest BCUT2D eigenvalue weighted by Gasteiger charge is 2.09. The predicted molar refractivity (Wildman–Crippen MR) is 57.7 cm³/mol. The summed E-state index contributed by atoms with van der Waals surface area (Å²) in [5.41, 5.74) is 0.681. The SMILES string of the molecule is O=C(O)c1ccc(C(=O)Nc2cn[nH]c2)nc1. The zero-order chi connectivity index (χ0) is 12.3. The van der Waals surface area contributed by atoms with Gasteiger partial charge in [0.1, 0.15) is 5.69 Å². The molecule has 0 spiro atoms. The first-order valence-electron chi connectivity index (χ1n) is 4.66. The molecule has 0 saturated carbocycles. The first-order chi connectivity index (χ1) is 8.16. The maximum Gasteiger partial charge on any atom is 0.337 e. The van der Waals surface area contributed by atoms with Crippen molar-refractivity contribution in [2.75, 3.05) is 5.32 Å². The maximum absolute atomic E-state index is 11.6. The lowest BCUT2D eigenvalue weighted by Gasteiger charge is -2.01. The molecule has 2 heterocycles. The number of pyridine rings is 1. The van der Waals surface area contributed by atoms with Gasteiger partial charge in [0.25, 0.3) is 5.91 Å². The van der Waals surface area contributed by atoms with Gasteiger partial charge in [-0.15, -0.1) is 0 Å². The molecule has 0 fully saturated rings. The lowest BCUT2D eigenvalue weighted by Crippen LogP contribution is -2.13. The highest BCUT2D eigenvalue weighted by molar-refractivity contribution is 6.03. The van der Waals surface area contributed by atoms with Crippen LogP contribution in [0.3, 0.4) is 0 Å². The Balaban J connectivity index is 2.12. The zero-order valence-electron chi connectivity index (χ0n) is 8.54. The van der Waals surface area contributed by atoms with Crippen molar-refractivity contribution in [3.05, 3.63) is 42.0 Å². The lowest BCUT2D eigenvalue weighted by atomic mass is 10.2. The molecule has 2 aromatic heterocycles. The van der Waals surface area contributed by atoms with Crippen molar-refractivity contribution in [2.24, 2.45) is 0 Å². The summed E-state index contributed by atoms with van der Waals surface area (Å²) >= 11 is 0. The van der Waals surface area contributed by atoms with E-state index in [-0.39, 0.29) is 11.3 Å². The average Bonchev–Trinajstić information content (AvgIpc) is 2.82. The lowest BCUT2D eigenvalue weighted by molar-refractivity contribution is 0.0696. The molecule has 0 aromatic carbocycles. The van der Waals surface area contributed by atoms with Crippen LogP contribution in [0.4, 0.5) is 5.69 Å². The normalized spacial score (nSPS) is 9.88. The monoisotopic (exact) mass is 232 g/mol. The van der Waals surface area contributed by atoms with Crippen LogP contribution in [0.2, 0.25) is 0 Å². The third-order valence-electron chi connectivity index (χ3n) is 2.00. The molecule has 0 radical (unpaired) electrons. The molecule has 1 amide bonds. The van der Waals surface area contributed by atoms with E-state index in [9.17, 15) is 9.59 Å². The molecule has 86 valence electrons. The molecule has 0 saturated heterocycles. The Morgan fingerprint density at radius 3 is 2.65 bits per heavy atom. The van der Waals surface area contributed by atoms with Crippen molar-refractivity contribution < 1.29 is 14.7 Å². The Morgan fingerprint density at radius 2 is 2.12 bits per heavy atom. The van der Waals surface area contributed by atoms with Gasteiger partial charge in [-0.3, -0.25) is 14.9 Å². The molecule has 3 N–H and O–H groups in total. The molecule has 0 aliphatic heterocycles. The van der Waals surface area contributed by atoms with E-state index < -0.39 is 11.9 Å². The topological polar surface area (TPSA) is 108 Å². The summed E-state index contributed by atoms with van der Waals surface area (Å²) in [6, 6.07) is 2.67. The number of carboxylic acid groups (broad SMARTS) is 1. The Bertz CT molecular complexity index is 533. The van der Waals surface area contributed by atoms with Crippen LogP contribution in [0, 0.1) is 0 Å². The summed E-state index contributed by atoms with van der Waals surface area (Å²) in [4.78, 5) is 26.0. The number of aromatic nitrogens is 3. The fourth-order valence-corrected chi connectivity index (χ4v) is 1.17. The number of carbonyl (C=O) groups is 2. The van der Waals surface area contributed by atoms with Crippen LogP contribution in [0.25, 0.3) is 0 Å². The summed E-state index contributed by atoms with van der Waals surface area (Å²) in [6.07, 6.45) is 4.10. The second-order valence-corrected chi connectivity index (χ2v) is 3.18. The Hall–Kier alpha value is -2.70. The summed E-state index contributed by atoms with van der Waals surface area (Å²) in [7, 11) is 0. The van der Waals surface area contributed by atoms with Gasteiger partial charge in [-0.2, -0.15) is 5.10 Å². The second-order valence-electron chi connectivity index (χ2n) is 3.18. The first-order valence-corrected chi connectivity index (χ1v) is 4.66. The summed E-state index contributed by atoms with van der Waals surface area (Å²) < 4.78 is 0. The van der Waals surface area contributed by atoms with Gasteiger partial charge in [0.2, 0.25) is 0 Å². The van der Waals surface area contributed by atoms with E-state index in [4.69, 9.17) is 5.11 Å². The van der Waals surface area contributed by atoms with Gasteiger partial charge in [-0.1, -0.05) is 0 Å². The number of carboxylic acids is 1. The fourth-order valence-electron chi connectivity index (χ4n) is 1.17. The number of amides is 1. The van der Waals surface area contributed by atoms with Gasteiger partial charge in [-0.25, -0.2) is 4.79 Å². The minimum absolute atomic E-state index is 0.0323. The zero-order valence-corrected chi connectivity index (χ0v) is 8.54. The minimum Gasteiger partial charge on any atom is -0.478 e. The highest BCUT2D eigenvalue weighted by atomic mass is 16.4. The molecular formula is C10H8N4O3. The van der Waals surface area contributed by atoms with Crippen LogP contribution in [0.1, 0.15) is 20.8 Å². The number of aromatic carboxylic acids is 1. The molecule has 0 aliphatic carbocycles. The van der Waals surface area contributed by atoms with Gasteiger partial charge < -0.3 is 10.4 Å². The Labute approximate surface area is 95.5 Å². The average molecular weight is 232 g/mol. The smallest absolute Gasteiger partial charge is 0.337 e. The molecule has 7 nitrogen and oxygen atoms in total. The third kappa shape index (κ3) is 2.46. The fraction of sp³-hybridized carbons (Fsp3) is 0. The molecule has 0 bridgehead atoms. The molecular weight excluding hydrogens is 224 g/mol. The van der Waals surface area contributed by atoms with Crippen molar-refractivity contribution >= 4 is 17.6 Å². The van der Waals surface area contributed by atoms with E-state index in [0.29, 0.717) is 5.69 Å². The van der Waals surface area contributed by atoms with E-state index in [1.54, 1.807) is 0 Å².